The van der Waals surface area contributed by atoms with Crippen LogP contribution in [0.25, 0.3) is 0 Å². The first-order chi connectivity index (χ1) is 13.8. The number of rotatable bonds is 7. The molecule has 29 heavy (non-hydrogen) atoms. The standard InChI is InChI=1S/C22H21O6P/c1-16-4-10-19(11-5-16)22(23)25-28-29(24,26-20-12-6-17(2)7-13-20)27-21-14-8-18(3)9-15-21/h4-15H,1-3H3. The molecule has 0 fully saturated rings. The van der Waals surface area contributed by atoms with E-state index in [-0.39, 0.29) is 17.1 Å². The number of carbonyl (C=O) groups is 1. The molecule has 0 saturated carbocycles. The first-order valence-electron chi connectivity index (χ1n) is 8.93. The summed E-state index contributed by atoms with van der Waals surface area (Å²) in [5, 5.41) is 0. The fourth-order valence-corrected chi connectivity index (χ4v) is 3.34. The Balaban J connectivity index is 1.78. The lowest BCUT2D eigenvalue weighted by Crippen LogP contribution is -2.10. The van der Waals surface area contributed by atoms with Gasteiger partial charge in [-0.1, -0.05) is 53.1 Å². The summed E-state index contributed by atoms with van der Waals surface area (Å²) in [5.74, 6) is -0.319. The molecular formula is C22H21O6P. The molecule has 0 radical (unpaired) electrons. The Hall–Kier alpha value is -3.08. The highest BCUT2D eigenvalue weighted by Gasteiger charge is 2.35. The summed E-state index contributed by atoms with van der Waals surface area (Å²) in [6.45, 7) is 5.71. The minimum Gasteiger partial charge on any atom is -0.393 e. The first-order valence-corrected chi connectivity index (χ1v) is 10.4. The van der Waals surface area contributed by atoms with Crippen molar-refractivity contribution in [3.05, 3.63) is 95.1 Å². The second-order valence-electron chi connectivity index (χ2n) is 6.57. The Morgan fingerprint density at radius 1 is 0.655 bits per heavy atom. The minimum atomic E-state index is -4.32. The zero-order valence-corrected chi connectivity index (χ0v) is 17.2. The van der Waals surface area contributed by atoms with Gasteiger partial charge in [0.15, 0.2) is 0 Å². The van der Waals surface area contributed by atoms with E-state index in [2.05, 4.69) is 0 Å². The number of phosphoric ester groups is 1. The van der Waals surface area contributed by atoms with E-state index >= 15 is 0 Å². The van der Waals surface area contributed by atoms with Gasteiger partial charge < -0.3 is 9.05 Å². The van der Waals surface area contributed by atoms with Gasteiger partial charge in [0.25, 0.3) is 0 Å². The third kappa shape index (κ3) is 5.95. The number of carbonyl (C=O) groups excluding carboxylic acids is 1. The average molecular weight is 412 g/mol. The van der Waals surface area contributed by atoms with E-state index in [9.17, 15) is 9.36 Å². The smallest absolute Gasteiger partial charge is 0.393 e. The van der Waals surface area contributed by atoms with Crippen molar-refractivity contribution >= 4 is 13.8 Å². The van der Waals surface area contributed by atoms with E-state index in [4.69, 9.17) is 18.6 Å². The van der Waals surface area contributed by atoms with Crippen molar-refractivity contribution in [1.82, 2.24) is 0 Å². The molecule has 0 unspecified atom stereocenters. The molecule has 3 rings (SSSR count). The maximum absolute atomic E-state index is 13.2. The van der Waals surface area contributed by atoms with Crippen LogP contribution < -0.4 is 9.05 Å². The molecule has 3 aromatic rings. The summed E-state index contributed by atoms with van der Waals surface area (Å²) in [5.41, 5.74) is 3.23. The number of hydrogen-bond acceptors (Lipinski definition) is 6. The van der Waals surface area contributed by atoms with E-state index in [1.54, 1.807) is 72.8 Å². The van der Waals surface area contributed by atoms with Gasteiger partial charge in [-0.3, -0.25) is 4.89 Å². The fourth-order valence-electron chi connectivity index (χ4n) is 2.32. The molecule has 150 valence electrons. The highest BCUT2D eigenvalue weighted by atomic mass is 31.2. The van der Waals surface area contributed by atoms with E-state index in [0.717, 1.165) is 16.7 Å². The number of benzene rings is 3. The molecule has 0 amide bonds. The Morgan fingerprint density at radius 3 is 1.45 bits per heavy atom. The summed E-state index contributed by atoms with van der Waals surface area (Å²) < 4.78 is 28.9. The summed E-state index contributed by atoms with van der Waals surface area (Å²) in [6, 6.07) is 20.3. The maximum Gasteiger partial charge on any atom is 0.625 e. The molecule has 0 spiro atoms. The van der Waals surface area contributed by atoms with E-state index in [1.807, 2.05) is 20.8 Å². The SMILES string of the molecule is Cc1ccc(OP(=O)(OOC(=O)c2ccc(C)cc2)Oc2ccc(C)cc2)cc1. The maximum atomic E-state index is 13.2. The van der Waals surface area contributed by atoms with Gasteiger partial charge >= 0.3 is 13.8 Å². The Morgan fingerprint density at radius 2 is 1.03 bits per heavy atom. The van der Waals surface area contributed by atoms with Crippen LogP contribution in [-0.4, -0.2) is 5.97 Å². The lowest BCUT2D eigenvalue weighted by atomic mass is 10.2. The molecule has 0 atom stereocenters. The van der Waals surface area contributed by atoms with E-state index < -0.39 is 13.8 Å². The topological polar surface area (TPSA) is 71.1 Å². The molecule has 0 bridgehead atoms. The predicted molar refractivity (Wildman–Crippen MR) is 109 cm³/mol. The quantitative estimate of drug-likeness (QED) is 0.271. The van der Waals surface area contributed by atoms with Gasteiger partial charge in [0, 0.05) is 0 Å². The van der Waals surface area contributed by atoms with Gasteiger partial charge in [-0.05, 0) is 61.8 Å². The molecule has 0 aliphatic heterocycles. The largest absolute Gasteiger partial charge is 0.625 e. The molecule has 0 N–H and O–H groups in total. The van der Waals surface area contributed by atoms with Crippen molar-refractivity contribution in [2.24, 2.45) is 0 Å². The van der Waals surface area contributed by atoms with Crippen LogP contribution >= 0.6 is 7.82 Å². The van der Waals surface area contributed by atoms with Crippen LogP contribution in [0.4, 0.5) is 0 Å². The number of hydrogen-bond donors (Lipinski definition) is 0. The highest BCUT2D eigenvalue weighted by molar-refractivity contribution is 7.49. The predicted octanol–water partition coefficient (Wildman–Crippen LogP) is 5.97. The summed E-state index contributed by atoms with van der Waals surface area (Å²) in [6.07, 6.45) is 0. The molecule has 0 aromatic heterocycles. The number of phosphoric acid groups is 1. The first kappa shape index (κ1) is 20.6. The minimum absolute atomic E-state index is 0.243. The van der Waals surface area contributed by atoms with Crippen LogP contribution in [0.1, 0.15) is 27.0 Å². The Kier molecular flexibility index (Phi) is 6.37. The zero-order chi connectivity index (χ0) is 20.9. The van der Waals surface area contributed by atoms with Gasteiger partial charge in [0.1, 0.15) is 11.5 Å². The Labute approximate surface area is 169 Å². The summed E-state index contributed by atoms with van der Waals surface area (Å²) in [7, 11) is -4.32. The second-order valence-corrected chi connectivity index (χ2v) is 7.98. The second kappa shape index (κ2) is 8.95. The molecular weight excluding hydrogens is 391 g/mol. The molecule has 0 aliphatic carbocycles. The van der Waals surface area contributed by atoms with Crippen LogP contribution in [0.2, 0.25) is 0 Å². The molecule has 0 aliphatic rings. The van der Waals surface area contributed by atoms with E-state index in [1.165, 1.54) is 0 Å². The van der Waals surface area contributed by atoms with Gasteiger partial charge in [-0.25, -0.2) is 9.36 Å². The normalized spacial score (nSPS) is 11.0. The van der Waals surface area contributed by atoms with Crippen LogP contribution in [0.15, 0.2) is 72.8 Å². The van der Waals surface area contributed by atoms with Crippen LogP contribution in [0.3, 0.4) is 0 Å². The average Bonchev–Trinajstić information content (AvgIpc) is 2.70. The van der Waals surface area contributed by atoms with Crippen LogP contribution in [0.5, 0.6) is 11.5 Å². The third-order valence-corrected chi connectivity index (χ3v) is 5.09. The van der Waals surface area contributed by atoms with Crippen LogP contribution in [-0.2, 0) is 14.1 Å². The summed E-state index contributed by atoms with van der Waals surface area (Å²) in [4.78, 5) is 17.0. The van der Waals surface area contributed by atoms with Crippen molar-refractivity contribution in [3.63, 3.8) is 0 Å². The lowest BCUT2D eigenvalue weighted by Gasteiger charge is -2.17. The zero-order valence-electron chi connectivity index (χ0n) is 16.3. The van der Waals surface area contributed by atoms with Crippen molar-refractivity contribution in [3.8, 4) is 11.5 Å². The van der Waals surface area contributed by atoms with Crippen LogP contribution in [0, 0.1) is 20.8 Å². The van der Waals surface area contributed by atoms with Crippen molar-refractivity contribution < 1.29 is 28.0 Å². The van der Waals surface area contributed by atoms with Crippen molar-refractivity contribution in [2.75, 3.05) is 0 Å². The molecule has 3 aromatic carbocycles. The molecule has 0 heterocycles. The summed E-state index contributed by atoms with van der Waals surface area (Å²) >= 11 is 0. The van der Waals surface area contributed by atoms with Gasteiger partial charge in [-0.15, -0.1) is 0 Å². The number of aryl methyl sites for hydroxylation is 3. The lowest BCUT2D eigenvalue weighted by molar-refractivity contribution is -0.163. The van der Waals surface area contributed by atoms with Gasteiger partial charge in [0.05, 0.1) is 5.56 Å². The molecule has 6 nitrogen and oxygen atoms in total. The monoisotopic (exact) mass is 412 g/mol. The van der Waals surface area contributed by atoms with E-state index in [0.29, 0.717) is 0 Å². The highest BCUT2D eigenvalue weighted by Crippen LogP contribution is 2.50. The Bertz CT molecular complexity index is 959. The molecule has 0 saturated heterocycles. The van der Waals surface area contributed by atoms with Gasteiger partial charge in [0.2, 0.25) is 0 Å². The third-order valence-electron chi connectivity index (χ3n) is 3.97. The van der Waals surface area contributed by atoms with Gasteiger partial charge in [-0.2, -0.15) is 0 Å². The van der Waals surface area contributed by atoms with Crippen molar-refractivity contribution in [1.29, 1.82) is 0 Å². The van der Waals surface area contributed by atoms with Crippen molar-refractivity contribution in [2.45, 2.75) is 20.8 Å². The fraction of sp³-hybridized carbons (Fsp3) is 0.136. The molecule has 7 heteroatoms.